The Morgan fingerprint density at radius 1 is 0.946 bits per heavy atom. The molecule has 12 nitrogen and oxygen atoms in total. The highest BCUT2D eigenvalue weighted by molar-refractivity contribution is 6.76. The quantitative estimate of drug-likeness (QED) is 0.0612. The van der Waals surface area contributed by atoms with E-state index in [-0.39, 0.29) is 37.6 Å². The van der Waals surface area contributed by atoms with Crippen molar-refractivity contribution in [3.63, 3.8) is 0 Å². The molecule has 5 rings (SSSR count). The van der Waals surface area contributed by atoms with Crippen molar-refractivity contribution >= 4 is 39.5 Å². The van der Waals surface area contributed by atoms with Gasteiger partial charge in [-0.05, 0) is 85.4 Å². The molecule has 1 amide bonds. The second kappa shape index (κ2) is 17.3. The van der Waals surface area contributed by atoms with Crippen LogP contribution in [0.3, 0.4) is 0 Å². The number of hydrogen-bond acceptors (Lipinski definition) is 10. The van der Waals surface area contributed by atoms with Gasteiger partial charge in [0, 0.05) is 64.7 Å². The summed E-state index contributed by atoms with van der Waals surface area (Å²) in [6.45, 7) is 32.0. The maximum Gasteiger partial charge on any atom is 0.410 e. The predicted molar refractivity (Wildman–Crippen MR) is 229 cm³/mol. The molecule has 2 fully saturated rings. The fourth-order valence-corrected chi connectivity index (χ4v) is 9.01. The number of amides is 1. The van der Waals surface area contributed by atoms with E-state index in [1.807, 2.05) is 55.4 Å². The zero-order valence-corrected chi connectivity index (χ0v) is 38.2. The minimum atomic E-state index is -1.35. The Balaban J connectivity index is 1.67. The van der Waals surface area contributed by atoms with Crippen LogP contribution < -0.4 is 4.90 Å². The Kier molecular flexibility index (Phi) is 13.5. The molecule has 0 aromatic carbocycles. The third kappa shape index (κ3) is 11.0. The summed E-state index contributed by atoms with van der Waals surface area (Å²) in [6, 6.07) is 5.92. The number of nitrogens with zero attached hydrogens (tertiary/aromatic N) is 6. The summed E-state index contributed by atoms with van der Waals surface area (Å²) in [6.07, 6.45) is 6.64. The zero-order chi connectivity index (χ0) is 41.2. The molecule has 0 saturated carbocycles. The first-order chi connectivity index (χ1) is 26.1. The molecule has 1 unspecified atom stereocenters. The number of ether oxygens (including phenoxy) is 4. The lowest BCUT2D eigenvalue weighted by atomic mass is 9.85. The maximum atomic E-state index is 13.5. The Hall–Kier alpha value is -3.31. The summed E-state index contributed by atoms with van der Waals surface area (Å²) in [7, 11) is -2.70. The second-order valence-corrected chi connectivity index (χ2v) is 30.8. The summed E-state index contributed by atoms with van der Waals surface area (Å²) in [5, 5.41) is 15.6. The van der Waals surface area contributed by atoms with Crippen molar-refractivity contribution in [1.82, 2.24) is 24.5 Å². The highest BCUT2D eigenvalue weighted by Crippen LogP contribution is 2.47. The van der Waals surface area contributed by atoms with Crippen molar-refractivity contribution in [2.24, 2.45) is 0 Å². The molecule has 2 bridgehead atoms. The Labute approximate surface area is 337 Å². The molecule has 1 N–H and O–H groups in total. The van der Waals surface area contributed by atoms with E-state index in [2.05, 4.69) is 55.7 Å². The molecule has 3 aromatic heterocycles. The van der Waals surface area contributed by atoms with Gasteiger partial charge in [0.15, 0.2) is 5.65 Å². The monoisotopic (exact) mass is 808 g/mol. The van der Waals surface area contributed by atoms with Gasteiger partial charge in [0.05, 0.1) is 29.8 Å². The van der Waals surface area contributed by atoms with Gasteiger partial charge < -0.3 is 33.9 Å². The predicted octanol–water partition coefficient (Wildman–Crippen LogP) is 9.10. The lowest BCUT2D eigenvalue weighted by Gasteiger charge is -2.40. The number of carbonyl (C=O) groups excluding carboxylic acids is 1. The number of rotatable bonds is 17. The zero-order valence-electron chi connectivity index (χ0n) is 36.2. The molecule has 2 saturated heterocycles. The van der Waals surface area contributed by atoms with E-state index in [0.29, 0.717) is 36.9 Å². The lowest BCUT2D eigenvalue weighted by molar-refractivity contribution is 0.00565. The van der Waals surface area contributed by atoms with E-state index in [0.717, 1.165) is 66.0 Å². The molecule has 56 heavy (non-hydrogen) atoms. The van der Waals surface area contributed by atoms with Gasteiger partial charge in [-0.25, -0.2) is 9.78 Å². The average molecular weight is 809 g/mol. The van der Waals surface area contributed by atoms with Crippen LogP contribution in [0.4, 0.5) is 10.6 Å². The summed E-state index contributed by atoms with van der Waals surface area (Å²) in [5.41, 5.74) is 2.87. The van der Waals surface area contributed by atoms with Crippen LogP contribution in [-0.4, -0.2) is 103 Å². The fourth-order valence-electron chi connectivity index (χ4n) is 7.49. The lowest BCUT2D eigenvalue weighted by Crippen LogP contribution is -2.48. The topological polar surface area (TPSA) is 124 Å². The normalized spacial score (nSPS) is 19.1. The smallest absolute Gasteiger partial charge is 0.410 e. The van der Waals surface area contributed by atoms with Crippen molar-refractivity contribution in [2.45, 2.75) is 148 Å². The average Bonchev–Trinajstić information content (AvgIpc) is 3.62. The molecule has 3 aromatic rings. The number of piperidine rings is 1. The Bertz CT molecular complexity index is 1790. The minimum Gasteiger partial charge on any atom is -0.494 e. The van der Waals surface area contributed by atoms with Gasteiger partial charge in [-0.15, -0.1) is 0 Å². The van der Waals surface area contributed by atoms with E-state index in [9.17, 15) is 9.90 Å². The Morgan fingerprint density at radius 3 is 2.02 bits per heavy atom. The summed E-state index contributed by atoms with van der Waals surface area (Å²) < 4.78 is 27.0. The molecule has 0 radical (unpaired) electrons. The highest BCUT2D eigenvalue weighted by Gasteiger charge is 2.46. The van der Waals surface area contributed by atoms with Gasteiger partial charge in [-0.3, -0.25) is 4.98 Å². The molecule has 0 spiro atoms. The number of fused-ring (bicyclic) bond motifs is 3. The van der Waals surface area contributed by atoms with E-state index >= 15 is 0 Å². The maximum absolute atomic E-state index is 13.5. The third-order valence-corrected chi connectivity index (χ3v) is 13.9. The first kappa shape index (κ1) is 43.8. The van der Waals surface area contributed by atoms with Crippen LogP contribution in [0.25, 0.3) is 22.5 Å². The fraction of sp³-hybridized carbons (Fsp3) is 0.667. The van der Waals surface area contributed by atoms with Crippen LogP contribution >= 0.6 is 0 Å². The van der Waals surface area contributed by atoms with Gasteiger partial charge in [0.1, 0.15) is 36.2 Å². The summed E-state index contributed by atoms with van der Waals surface area (Å²) in [5.74, 6) is 1.26. The number of aromatic nitrogens is 4. The van der Waals surface area contributed by atoms with Gasteiger partial charge >= 0.3 is 6.09 Å². The van der Waals surface area contributed by atoms with Crippen molar-refractivity contribution < 1.29 is 28.8 Å². The minimum absolute atomic E-state index is 0.00282. The number of anilines is 1. The Morgan fingerprint density at radius 2 is 1.54 bits per heavy atom. The second-order valence-electron chi connectivity index (χ2n) is 19.5. The SMILES string of the molecule is C=C(OCC)c1c([C@@H]2CC3CC[C@@H](C2)N3C(=O)OC(C)(C)C)nc2c(-c3ccc(C(C)(C)O)nc3)cnn2c1N(COCC[Si](C)(C)C)COCC[Si](C)(C)C. The molecular weight excluding hydrogens is 741 g/mol. The number of pyridine rings is 1. The van der Waals surface area contributed by atoms with Gasteiger partial charge in [0.2, 0.25) is 0 Å². The van der Waals surface area contributed by atoms with E-state index in [4.69, 9.17) is 29.0 Å². The van der Waals surface area contributed by atoms with Crippen molar-refractivity contribution in [1.29, 1.82) is 0 Å². The van der Waals surface area contributed by atoms with E-state index in [1.54, 1.807) is 20.0 Å². The molecule has 3 atom stereocenters. The molecule has 2 aliphatic rings. The summed E-state index contributed by atoms with van der Waals surface area (Å²) in [4.78, 5) is 27.7. The van der Waals surface area contributed by atoms with Crippen LogP contribution in [0.2, 0.25) is 51.4 Å². The van der Waals surface area contributed by atoms with Gasteiger partial charge in [-0.1, -0.05) is 51.9 Å². The molecular formula is C42H68N6O6Si2. The number of aliphatic hydroxyl groups is 1. The summed E-state index contributed by atoms with van der Waals surface area (Å²) >= 11 is 0. The largest absolute Gasteiger partial charge is 0.494 e. The van der Waals surface area contributed by atoms with Crippen LogP contribution in [-0.2, 0) is 24.5 Å². The van der Waals surface area contributed by atoms with Gasteiger partial charge in [0.25, 0.3) is 0 Å². The van der Waals surface area contributed by atoms with Crippen LogP contribution in [0.1, 0.15) is 90.1 Å². The van der Waals surface area contributed by atoms with Crippen LogP contribution in [0, 0.1) is 0 Å². The van der Waals surface area contributed by atoms with Gasteiger partial charge in [-0.2, -0.15) is 9.61 Å². The third-order valence-electron chi connectivity index (χ3n) is 10.5. The molecule has 2 aliphatic heterocycles. The highest BCUT2D eigenvalue weighted by atomic mass is 28.3. The number of carbonyl (C=O) groups is 1. The standard InChI is InChI=1S/C42H68N6O6Si2/c1-14-53-29(2)36-37(31-23-32-16-17-33(24-31)47(32)40(49)54-41(3,4)5)45-38-34(30-15-18-35(43-25-30)42(6,7)50)26-44-48(38)39(36)46(27-51-19-21-55(8,9)10)28-52-20-22-56(11,12)13/h15,18,25-26,31-33,50H,2,14,16-17,19-24,27-28H2,1,3-13H3/t31-,32-,33?/m0/s1. The molecule has 310 valence electrons. The van der Waals surface area contributed by atoms with Crippen LogP contribution in [0.15, 0.2) is 31.1 Å². The van der Waals surface area contributed by atoms with E-state index < -0.39 is 27.3 Å². The van der Waals surface area contributed by atoms with E-state index in [1.165, 1.54) is 0 Å². The van der Waals surface area contributed by atoms with Crippen LogP contribution in [0.5, 0.6) is 0 Å². The molecule has 0 aliphatic carbocycles. The number of hydrogen-bond donors (Lipinski definition) is 1. The molecule has 14 heteroatoms. The van der Waals surface area contributed by atoms with Crippen molar-refractivity contribution in [2.75, 3.05) is 38.2 Å². The van der Waals surface area contributed by atoms with Crippen molar-refractivity contribution in [3.8, 4) is 11.1 Å². The van der Waals surface area contributed by atoms with Crippen molar-refractivity contribution in [3.05, 3.63) is 48.1 Å². The molecule has 5 heterocycles. The first-order valence-electron chi connectivity index (χ1n) is 20.4. The first-order valence-corrected chi connectivity index (χ1v) is 27.8.